The Bertz CT molecular complexity index is 779. The van der Waals surface area contributed by atoms with Crippen LogP contribution >= 0.6 is 0 Å². The Kier molecular flexibility index (Phi) is 5.02. The van der Waals surface area contributed by atoms with Gasteiger partial charge in [0.1, 0.15) is 11.8 Å². The van der Waals surface area contributed by atoms with Gasteiger partial charge in [0.25, 0.3) is 5.56 Å². The average Bonchev–Trinajstić information content (AvgIpc) is 2.67. The van der Waals surface area contributed by atoms with Crippen molar-refractivity contribution in [2.75, 3.05) is 38.2 Å². The molecule has 1 fully saturated rings. The number of ether oxygens (including phenoxy) is 1. The quantitative estimate of drug-likeness (QED) is 0.834. The summed E-state index contributed by atoms with van der Waals surface area (Å²) in [4.78, 5) is 28.6. The van der Waals surface area contributed by atoms with Crippen LogP contribution in [0, 0.1) is 0 Å². The van der Waals surface area contributed by atoms with E-state index in [0.29, 0.717) is 13.1 Å². The van der Waals surface area contributed by atoms with Crippen LogP contribution < -0.4 is 15.2 Å². The zero-order valence-electron chi connectivity index (χ0n) is 14.5. The zero-order chi connectivity index (χ0) is 17.8. The summed E-state index contributed by atoms with van der Waals surface area (Å²) in [6.45, 7) is 4.46. The molecule has 0 bridgehead atoms. The summed E-state index contributed by atoms with van der Waals surface area (Å²) >= 11 is 0. The molecule has 1 saturated heterocycles. The van der Waals surface area contributed by atoms with Crippen LogP contribution in [0.3, 0.4) is 0 Å². The normalized spacial score (nSPS) is 15.8. The molecule has 25 heavy (non-hydrogen) atoms. The van der Waals surface area contributed by atoms with Crippen molar-refractivity contribution in [3.05, 3.63) is 52.9 Å². The van der Waals surface area contributed by atoms with E-state index in [0.717, 1.165) is 24.5 Å². The van der Waals surface area contributed by atoms with Gasteiger partial charge in [-0.1, -0.05) is 0 Å². The third-order valence-corrected chi connectivity index (χ3v) is 4.49. The van der Waals surface area contributed by atoms with E-state index in [2.05, 4.69) is 10.00 Å². The van der Waals surface area contributed by atoms with E-state index in [1.165, 1.54) is 16.9 Å². The fourth-order valence-electron chi connectivity index (χ4n) is 3.01. The first-order valence-electron chi connectivity index (χ1n) is 8.32. The number of methoxy groups -OCH3 is 1. The maximum atomic E-state index is 12.7. The van der Waals surface area contributed by atoms with E-state index in [4.69, 9.17) is 4.74 Å². The third-order valence-electron chi connectivity index (χ3n) is 4.49. The maximum absolute atomic E-state index is 12.7. The highest BCUT2D eigenvalue weighted by molar-refractivity contribution is 5.80. The number of carbonyl (C=O) groups excluding carboxylic acids is 1. The molecule has 132 valence electrons. The van der Waals surface area contributed by atoms with Gasteiger partial charge in [0.05, 0.1) is 7.11 Å². The number of piperazine rings is 1. The predicted molar refractivity (Wildman–Crippen MR) is 95.0 cm³/mol. The lowest BCUT2D eigenvalue weighted by Gasteiger charge is -2.37. The van der Waals surface area contributed by atoms with Crippen molar-refractivity contribution >= 4 is 11.6 Å². The van der Waals surface area contributed by atoms with Gasteiger partial charge in [0.2, 0.25) is 5.91 Å². The van der Waals surface area contributed by atoms with Crippen LogP contribution in [0.2, 0.25) is 0 Å². The molecule has 1 aromatic carbocycles. The molecule has 0 aliphatic carbocycles. The molecule has 7 nitrogen and oxygen atoms in total. The topological polar surface area (TPSA) is 67.7 Å². The van der Waals surface area contributed by atoms with E-state index in [9.17, 15) is 9.59 Å². The maximum Gasteiger partial charge on any atom is 0.267 e. The van der Waals surface area contributed by atoms with Crippen molar-refractivity contribution in [1.82, 2.24) is 14.7 Å². The average molecular weight is 342 g/mol. The Balaban J connectivity index is 1.62. The van der Waals surface area contributed by atoms with E-state index in [1.807, 2.05) is 24.3 Å². The van der Waals surface area contributed by atoms with Crippen LogP contribution in [0.4, 0.5) is 5.69 Å². The van der Waals surface area contributed by atoms with Gasteiger partial charge in [0.15, 0.2) is 0 Å². The second-order valence-corrected chi connectivity index (χ2v) is 5.99. The van der Waals surface area contributed by atoms with Crippen LogP contribution in [-0.2, 0) is 4.79 Å². The molecular formula is C18H22N4O3. The van der Waals surface area contributed by atoms with E-state index >= 15 is 0 Å². The second kappa shape index (κ2) is 7.38. The van der Waals surface area contributed by atoms with Crippen LogP contribution in [0.25, 0.3) is 0 Å². The fraction of sp³-hybridized carbons (Fsp3) is 0.389. The highest BCUT2D eigenvalue weighted by Crippen LogP contribution is 2.21. The molecular weight excluding hydrogens is 320 g/mol. The Labute approximate surface area is 146 Å². The SMILES string of the molecule is COc1ccc(N2CCN(C(=O)C(C)n3ncccc3=O)CC2)cc1. The Morgan fingerprint density at radius 3 is 2.40 bits per heavy atom. The van der Waals surface area contributed by atoms with Crippen LogP contribution in [0.15, 0.2) is 47.4 Å². The summed E-state index contributed by atoms with van der Waals surface area (Å²) in [7, 11) is 1.65. The van der Waals surface area contributed by atoms with Gasteiger partial charge < -0.3 is 14.5 Å². The highest BCUT2D eigenvalue weighted by Gasteiger charge is 2.26. The predicted octanol–water partition coefficient (Wildman–Crippen LogP) is 1.16. The van der Waals surface area contributed by atoms with Gasteiger partial charge >= 0.3 is 0 Å². The summed E-state index contributed by atoms with van der Waals surface area (Å²) in [5, 5.41) is 4.01. The standard InChI is InChI=1S/C18H22N4O3/c1-14(22-17(23)4-3-9-19-22)18(24)21-12-10-20(11-13-21)15-5-7-16(25-2)8-6-15/h3-9,14H,10-13H2,1-2H3. The molecule has 0 saturated carbocycles. The molecule has 2 heterocycles. The first-order chi connectivity index (χ1) is 12.1. The summed E-state index contributed by atoms with van der Waals surface area (Å²) in [5.74, 6) is 0.752. The van der Waals surface area contributed by atoms with Crippen molar-refractivity contribution in [1.29, 1.82) is 0 Å². The molecule has 7 heteroatoms. The van der Waals surface area contributed by atoms with Gasteiger partial charge in [-0.15, -0.1) is 0 Å². The second-order valence-electron chi connectivity index (χ2n) is 5.99. The van der Waals surface area contributed by atoms with Crippen molar-refractivity contribution in [3.8, 4) is 5.75 Å². The van der Waals surface area contributed by atoms with Gasteiger partial charge in [-0.2, -0.15) is 5.10 Å². The first-order valence-corrected chi connectivity index (χ1v) is 8.32. The number of aromatic nitrogens is 2. The number of hydrogen-bond donors (Lipinski definition) is 0. The van der Waals surface area contributed by atoms with Gasteiger partial charge in [-0.25, -0.2) is 4.68 Å². The number of nitrogens with zero attached hydrogens (tertiary/aromatic N) is 4. The van der Waals surface area contributed by atoms with Crippen molar-refractivity contribution in [2.24, 2.45) is 0 Å². The number of amides is 1. The third kappa shape index (κ3) is 3.65. The summed E-state index contributed by atoms with van der Waals surface area (Å²) in [6.07, 6.45) is 1.52. The lowest BCUT2D eigenvalue weighted by Crippen LogP contribution is -2.51. The Morgan fingerprint density at radius 1 is 1.12 bits per heavy atom. The van der Waals surface area contributed by atoms with Crippen LogP contribution in [0.1, 0.15) is 13.0 Å². The van der Waals surface area contributed by atoms with E-state index < -0.39 is 6.04 Å². The monoisotopic (exact) mass is 342 g/mol. The molecule has 1 aromatic heterocycles. The first kappa shape index (κ1) is 17.0. The minimum atomic E-state index is -0.596. The summed E-state index contributed by atoms with van der Waals surface area (Å²) < 4.78 is 6.41. The van der Waals surface area contributed by atoms with E-state index in [1.54, 1.807) is 25.0 Å². The van der Waals surface area contributed by atoms with Gasteiger partial charge in [-0.3, -0.25) is 9.59 Å². The molecule has 0 radical (unpaired) electrons. The van der Waals surface area contributed by atoms with E-state index in [-0.39, 0.29) is 11.5 Å². The summed E-state index contributed by atoms with van der Waals surface area (Å²) in [6, 6.07) is 10.3. The molecule has 1 aliphatic heterocycles. The van der Waals surface area contributed by atoms with Gasteiger partial charge in [-0.05, 0) is 37.3 Å². The largest absolute Gasteiger partial charge is 0.497 e. The Hall–Kier alpha value is -2.83. The lowest BCUT2D eigenvalue weighted by atomic mass is 10.2. The Morgan fingerprint density at radius 2 is 1.80 bits per heavy atom. The molecule has 1 amide bonds. The van der Waals surface area contributed by atoms with Crippen LogP contribution in [0.5, 0.6) is 5.75 Å². The molecule has 3 rings (SSSR count). The number of rotatable bonds is 4. The molecule has 0 N–H and O–H groups in total. The van der Waals surface area contributed by atoms with Crippen molar-refractivity contribution in [2.45, 2.75) is 13.0 Å². The summed E-state index contributed by atoms with van der Waals surface area (Å²) in [5.41, 5.74) is 0.849. The zero-order valence-corrected chi connectivity index (χ0v) is 14.5. The molecule has 0 spiro atoms. The molecule has 1 atom stereocenters. The lowest BCUT2D eigenvalue weighted by molar-refractivity contribution is -0.135. The van der Waals surface area contributed by atoms with Crippen molar-refractivity contribution in [3.63, 3.8) is 0 Å². The number of anilines is 1. The molecule has 2 aromatic rings. The van der Waals surface area contributed by atoms with Crippen LogP contribution in [-0.4, -0.2) is 53.9 Å². The number of benzene rings is 1. The minimum absolute atomic E-state index is 0.0739. The minimum Gasteiger partial charge on any atom is -0.497 e. The fourth-order valence-corrected chi connectivity index (χ4v) is 3.01. The van der Waals surface area contributed by atoms with Gasteiger partial charge in [0, 0.05) is 44.1 Å². The molecule has 1 unspecified atom stereocenters. The smallest absolute Gasteiger partial charge is 0.267 e. The number of hydrogen-bond acceptors (Lipinski definition) is 5. The van der Waals surface area contributed by atoms with Crippen molar-refractivity contribution < 1.29 is 9.53 Å². The number of carbonyl (C=O) groups is 1. The molecule has 1 aliphatic rings. The highest BCUT2D eigenvalue weighted by atomic mass is 16.5.